The highest BCUT2D eigenvalue weighted by molar-refractivity contribution is 5.90. The zero-order valence-electron chi connectivity index (χ0n) is 16.3. The molecule has 8 nitrogen and oxygen atoms in total. The van der Waals surface area contributed by atoms with Gasteiger partial charge in [0.1, 0.15) is 18.1 Å². The lowest BCUT2D eigenvalue weighted by Gasteiger charge is -2.06. The molecule has 0 atom stereocenters. The van der Waals surface area contributed by atoms with Crippen LogP contribution in [0.1, 0.15) is 26.4 Å². The van der Waals surface area contributed by atoms with Gasteiger partial charge < -0.3 is 9.47 Å². The number of benzene rings is 2. The number of methoxy groups -OCH3 is 1. The molecule has 0 spiro atoms. The van der Waals surface area contributed by atoms with Gasteiger partial charge in [0.2, 0.25) is 0 Å². The van der Waals surface area contributed by atoms with Crippen LogP contribution in [-0.2, 0) is 16.1 Å². The number of ether oxygens (including phenoxy) is 2. The molecule has 0 radical (unpaired) electrons. The smallest absolute Gasteiger partial charge is 0.356 e. The molecular formula is C22H16FN3O5. The van der Waals surface area contributed by atoms with Gasteiger partial charge in [-0.1, -0.05) is 30.3 Å². The number of fused-ring (bicyclic) bond motifs is 1. The molecule has 0 aliphatic heterocycles. The summed E-state index contributed by atoms with van der Waals surface area (Å²) < 4.78 is 24.9. The molecule has 0 bridgehead atoms. The van der Waals surface area contributed by atoms with Crippen LogP contribution in [0.25, 0.3) is 16.9 Å². The van der Waals surface area contributed by atoms with Gasteiger partial charge in [-0.15, -0.1) is 0 Å². The lowest BCUT2D eigenvalue weighted by Crippen LogP contribution is -2.15. The highest BCUT2D eigenvalue weighted by Crippen LogP contribution is 2.17. The molecule has 0 saturated heterocycles. The van der Waals surface area contributed by atoms with Crippen LogP contribution < -0.4 is 5.56 Å². The summed E-state index contributed by atoms with van der Waals surface area (Å²) in [4.78, 5) is 40.8. The zero-order chi connectivity index (χ0) is 22.0. The number of esters is 2. The Hall–Kier alpha value is -4.27. The molecule has 9 heteroatoms. The van der Waals surface area contributed by atoms with Gasteiger partial charge in [-0.2, -0.15) is 0 Å². The average Bonchev–Trinajstić information content (AvgIpc) is 3.23. The molecule has 2 aromatic carbocycles. The van der Waals surface area contributed by atoms with Gasteiger partial charge in [0, 0.05) is 23.3 Å². The maximum Gasteiger partial charge on any atom is 0.356 e. The van der Waals surface area contributed by atoms with Gasteiger partial charge in [0.05, 0.1) is 18.4 Å². The van der Waals surface area contributed by atoms with E-state index in [-0.39, 0.29) is 22.5 Å². The molecule has 2 aromatic heterocycles. The fraction of sp³-hybridized carbons (Fsp3) is 0.0909. The molecule has 31 heavy (non-hydrogen) atoms. The Kier molecular flexibility index (Phi) is 5.31. The molecule has 0 aliphatic carbocycles. The zero-order valence-corrected chi connectivity index (χ0v) is 16.3. The SMILES string of the molecule is COC(=O)c1ccc(F)c(COC(=O)c2cc3nc(-c4ccccc4)cc(=O)n3[nH]2)c1. The summed E-state index contributed by atoms with van der Waals surface area (Å²) in [5.74, 6) is -2.08. The number of aromatic nitrogens is 3. The van der Waals surface area contributed by atoms with Crippen LogP contribution in [0, 0.1) is 5.82 Å². The van der Waals surface area contributed by atoms with E-state index in [1.165, 1.54) is 31.4 Å². The van der Waals surface area contributed by atoms with E-state index in [4.69, 9.17) is 4.74 Å². The summed E-state index contributed by atoms with van der Waals surface area (Å²) in [6, 6.07) is 15.5. The second-order valence-corrected chi connectivity index (χ2v) is 6.58. The topological polar surface area (TPSA) is 103 Å². The maximum absolute atomic E-state index is 14.0. The second kappa shape index (κ2) is 8.23. The maximum atomic E-state index is 14.0. The first-order valence-electron chi connectivity index (χ1n) is 9.18. The van der Waals surface area contributed by atoms with Crippen LogP contribution >= 0.6 is 0 Å². The number of hydrogen-bond donors (Lipinski definition) is 1. The Morgan fingerprint density at radius 2 is 1.84 bits per heavy atom. The van der Waals surface area contributed by atoms with Crippen molar-refractivity contribution in [2.24, 2.45) is 0 Å². The number of halogens is 1. The van der Waals surface area contributed by atoms with Crippen molar-refractivity contribution >= 4 is 17.6 Å². The first-order valence-corrected chi connectivity index (χ1v) is 9.18. The van der Waals surface area contributed by atoms with Crippen molar-refractivity contribution in [2.75, 3.05) is 7.11 Å². The number of nitrogens with one attached hydrogen (secondary N) is 1. The highest BCUT2D eigenvalue weighted by atomic mass is 19.1. The molecule has 0 aliphatic rings. The van der Waals surface area contributed by atoms with Crippen molar-refractivity contribution in [1.29, 1.82) is 0 Å². The predicted octanol–water partition coefficient (Wildman–Crippen LogP) is 2.97. The third-order valence-corrected chi connectivity index (χ3v) is 4.57. The average molecular weight is 421 g/mol. The molecule has 156 valence electrons. The minimum absolute atomic E-state index is 0.00835. The summed E-state index contributed by atoms with van der Waals surface area (Å²) in [5.41, 5.74) is 1.16. The van der Waals surface area contributed by atoms with E-state index in [0.717, 1.165) is 16.1 Å². The largest absolute Gasteiger partial charge is 0.465 e. The van der Waals surface area contributed by atoms with E-state index in [1.54, 1.807) is 0 Å². The van der Waals surface area contributed by atoms with Gasteiger partial charge in [-0.05, 0) is 18.2 Å². The van der Waals surface area contributed by atoms with Gasteiger partial charge in [-0.25, -0.2) is 23.5 Å². The van der Waals surface area contributed by atoms with Crippen LogP contribution in [0.5, 0.6) is 0 Å². The summed E-state index contributed by atoms with van der Waals surface area (Å²) in [6.07, 6.45) is 0. The standard InChI is InChI=1S/C22H16FN3O5/c1-30-21(28)14-7-8-16(23)15(9-14)12-31-22(29)18-10-19-24-17(11-20(27)26(19)25-18)13-5-3-2-4-6-13/h2-11,25H,12H2,1H3. The lowest BCUT2D eigenvalue weighted by atomic mass is 10.1. The van der Waals surface area contributed by atoms with Crippen molar-refractivity contribution in [3.8, 4) is 11.3 Å². The van der Waals surface area contributed by atoms with E-state index in [9.17, 15) is 18.8 Å². The summed E-state index contributed by atoms with van der Waals surface area (Å²) in [7, 11) is 1.21. The number of H-pyrrole nitrogens is 1. The lowest BCUT2D eigenvalue weighted by molar-refractivity contribution is 0.0461. The monoisotopic (exact) mass is 421 g/mol. The van der Waals surface area contributed by atoms with Crippen LogP contribution in [0.15, 0.2) is 65.5 Å². The van der Waals surface area contributed by atoms with E-state index in [0.29, 0.717) is 5.69 Å². The molecular weight excluding hydrogens is 405 g/mol. The fourth-order valence-electron chi connectivity index (χ4n) is 3.00. The van der Waals surface area contributed by atoms with Crippen molar-refractivity contribution in [3.63, 3.8) is 0 Å². The molecule has 4 aromatic rings. The van der Waals surface area contributed by atoms with E-state index in [2.05, 4.69) is 14.8 Å². The van der Waals surface area contributed by atoms with Crippen LogP contribution in [-0.4, -0.2) is 33.6 Å². The van der Waals surface area contributed by atoms with Crippen LogP contribution in [0.2, 0.25) is 0 Å². The predicted molar refractivity (Wildman–Crippen MR) is 108 cm³/mol. The number of carbonyl (C=O) groups excluding carboxylic acids is 2. The molecule has 0 unspecified atom stereocenters. The van der Waals surface area contributed by atoms with Crippen molar-refractivity contribution < 1.29 is 23.5 Å². The first kappa shape index (κ1) is 20.0. The van der Waals surface area contributed by atoms with E-state index in [1.807, 2.05) is 30.3 Å². The van der Waals surface area contributed by atoms with Gasteiger partial charge in [-0.3, -0.25) is 9.89 Å². The minimum atomic E-state index is -0.811. The quantitative estimate of drug-likeness (QED) is 0.497. The van der Waals surface area contributed by atoms with E-state index < -0.39 is 29.9 Å². The first-order chi connectivity index (χ1) is 15.0. The van der Waals surface area contributed by atoms with Gasteiger partial charge >= 0.3 is 11.9 Å². The van der Waals surface area contributed by atoms with Crippen LogP contribution in [0.4, 0.5) is 4.39 Å². The molecule has 2 heterocycles. The van der Waals surface area contributed by atoms with E-state index >= 15 is 0 Å². The molecule has 4 rings (SSSR count). The summed E-state index contributed by atoms with van der Waals surface area (Å²) in [6.45, 7) is -0.414. The molecule has 1 N–H and O–H groups in total. The normalized spacial score (nSPS) is 10.8. The summed E-state index contributed by atoms with van der Waals surface area (Å²) >= 11 is 0. The van der Waals surface area contributed by atoms with Crippen molar-refractivity contribution in [3.05, 3.63) is 93.7 Å². The number of carbonyl (C=O) groups is 2. The van der Waals surface area contributed by atoms with Gasteiger partial charge in [0.15, 0.2) is 5.65 Å². The number of nitrogens with zero attached hydrogens (tertiary/aromatic N) is 2. The fourth-order valence-corrected chi connectivity index (χ4v) is 3.00. The van der Waals surface area contributed by atoms with Crippen molar-refractivity contribution in [2.45, 2.75) is 6.61 Å². The summed E-state index contributed by atoms with van der Waals surface area (Å²) in [5, 5.41) is 2.63. The highest BCUT2D eigenvalue weighted by Gasteiger charge is 2.16. The minimum Gasteiger partial charge on any atom is -0.465 e. The second-order valence-electron chi connectivity index (χ2n) is 6.58. The molecule has 0 saturated carbocycles. The van der Waals surface area contributed by atoms with Crippen LogP contribution in [0.3, 0.4) is 0 Å². The van der Waals surface area contributed by atoms with Crippen molar-refractivity contribution in [1.82, 2.24) is 14.6 Å². The third kappa shape index (κ3) is 4.06. The molecule has 0 fully saturated rings. The third-order valence-electron chi connectivity index (χ3n) is 4.57. The Labute approximate surface area is 174 Å². The Bertz CT molecular complexity index is 1340. The van der Waals surface area contributed by atoms with Gasteiger partial charge in [0.25, 0.3) is 5.56 Å². The number of aromatic amines is 1. The Morgan fingerprint density at radius 1 is 1.06 bits per heavy atom. The number of hydrogen-bond acceptors (Lipinski definition) is 6. The number of rotatable bonds is 5. The molecule has 0 amide bonds. The Balaban J connectivity index is 1.57. The Morgan fingerprint density at radius 3 is 2.58 bits per heavy atom.